The lowest BCUT2D eigenvalue weighted by Crippen LogP contribution is -2.14. The first-order valence-electron chi connectivity index (χ1n) is 6.32. The second kappa shape index (κ2) is 5.67. The Labute approximate surface area is 127 Å². The molecule has 0 spiro atoms. The molecule has 0 saturated heterocycles. The maximum atomic E-state index is 12.4. The summed E-state index contributed by atoms with van der Waals surface area (Å²) in [4.78, 5) is 12.4. The zero-order valence-corrected chi connectivity index (χ0v) is 13.3. The van der Waals surface area contributed by atoms with Gasteiger partial charge in [-0.15, -0.1) is 0 Å². The van der Waals surface area contributed by atoms with Gasteiger partial charge in [-0.2, -0.15) is 0 Å². The molecule has 2 rings (SSSR count). The van der Waals surface area contributed by atoms with Crippen LogP contribution in [0.5, 0.6) is 0 Å². The molecule has 104 valence electrons. The number of halogens is 1. The Morgan fingerprint density at radius 1 is 1.05 bits per heavy atom. The van der Waals surface area contributed by atoms with Crippen molar-refractivity contribution in [1.82, 2.24) is 0 Å². The molecule has 0 bridgehead atoms. The SMILES string of the molecule is Cc1cc(C)c(NC(=O)c2cc(Br)ccc2C)cc1N. The summed E-state index contributed by atoms with van der Waals surface area (Å²) in [6.07, 6.45) is 0. The molecular formula is C16H17BrN2O. The van der Waals surface area contributed by atoms with Crippen molar-refractivity contribution in [3.05, 3.63) is 57.1 Å². The van der Waals surface area contributed by atoms with Gasteiger partial charge >= 0.3 is 0 Å². The fourth-order valence-corrected chi connectivity index (χ4v) is 2.39. The van der Waals surface area contributed by atoms with E-state index in [1.807, 2.05) is 45.0 Å². The van der Waals surface area contributed by atoms with Crippen LogP contribution in [0.2, 0.25) is 0 Å². The van der Waals surface area contributed by atoms with Crippen molar-refractivity contribution in [2.24, 2.45) is 0 Å². The fraction of sp³-hybridized carbons (Fsp3) is 0.188. The molecule has 0 aliphatic carbocycles. The molecule has 0 aliphatic rings. The second-order valence-corrected chi connectivity index (χ2v) is 5.85. The predicted molar refractivity (Wildman–Crippen MR) is 87.2 cm³/mol. The molecule has 0 atom stereocenters. The molecule has 2 aromatic carbocycles. The van der Waals surface area contributed by atoms with Gasteiger partial charge in [0.05, 0.1) is 0 Å². The average molecular weight is 333 g/mol. The third-order valence-electron chi connectivity index (χ3n) is 3.31. The van der Waals surface area contributed by atoms with Gasteiger partial charge in [0.1, 0.15) is 0 Å². The number of carbonyl (C=O) groups excluding carboxylic acids is 1. The molecule has 0 saturated carbocycles. The number of carbonyl (C=O) groups is 1. The Hall–Kier alpha value is -1.81. The van der Waals surface area contributed by atoms with Crippen LogP contribution in [-0.4, -0.2) is 5.91 Å². The number of benzene rings is 2. The smallest absolute Gasteiger partial charge is 0.255 e. The van der Waals surface area contributed by atoms with Gasteiger partial charge < -0.3 is 11.1 Å². The van der Waals surface area contributed by atoms with E-state index in [0.717, 1.165) is 26.9 Å². The number of anilines is 2. The first-order valence-corrected chi connectivity index (χ1v) is 7.12. The average Bonchev–Trinajstić information content (AvgIpc) is 2.38. The van der Waals surface area contributed by atoms with Crippen LogP contribution in [0.15, 0.2) is 34.8 Å². The molecule has 0 heterocycles. The molecule has 0 aliphatic heterocycles. The van der Waals surface area contributed by atoms with E-state index in [1.165, 1.54) is 0 Å². The van der Waals surface area contributed by atoms with Crippen molar-refractivity contribution in [3.63, 3.8) is 0 Å². The Balaban J connectivity index is 2.32. The number of hydrogen-bond acceptors (Lipinski definition) is 2. The maximum absolute atomic E-state index is 12.4. The van der Waals surface area contributed by atoms with Crippen LogP contribution in [0.3, 0.4) is 0 Å². The Morgan fingerprint density at radius 3 is 2.45 bits per heavy atom. The maximum Gasteiger partial charge on any atom is 0.255 e. The zero-order chi connectivity index (χ0) is 14.9. The van der Waals surface area contributed by atoms with E-state index < -0.39 is 0 Å². The van der Waals surface area contributed by atoms with Crippen LogP contribution >= 0.6 is 15.9 Å². The van der Waals surface area contributed by atoms with Crippen LogP contribution in [0.1, 0.15) is 27.0 Å². The molecule has 0 radical (unpaired) electrons. The molecule has 4 heteroatoms. The summed E-state index contributed by atoms with van der Waals surface area (Å²) in [6.45, 7) is 5.82. The van der Waals surface area contributed by atoms with Gasteiger partial charge in [0.15, 0.2) is 0 Å². The number of aryl methyl sites for hydroxylation is 3. The molecule has 0 fully saturated rings. The van der Waals surface area contributed by atoms with Gasteiger partial charge in [0.2, 0.25) is 0 Å². The van der Waals surface area contributed by atoms with E-state index in [-0.39, 0.29) is 5.91 Å². The summed E-state index contributed by atoms with van der Waals surface area (Å²) in [5.41, 5.74) is 10.9. The first kappa shape index (κ1) is 14.6. The van der Waals surface area contributed by atoms with E-state index >= 15 is 0 Å². The third-order valence-corrected chi connectivity index (χ3v) is 3.80. The lowest BCUT2D eigenvalue weighted by molar-refractivity contribution is 0.102. The van der Waals surface area contributed by atoms with Gasteiger partial charge in [0.25, 0.3) is 5.91 Å². The van der Waals surface area contributed by atoms with E-state index in [9.17, 15) is 4.79 Å². The highest BCUT2D eigenvalue weighted by atomic mass is 79.9. The number of nitrogens with one attached hydrogen (secondary N) is 1. The fourth-order valence-electron chi connectivity index (χ4n) is 2.03. The highest BCUT2D eigenvalue weighted by Crippen LogP contribution is 2.24. The Bertz CT molecular complexity index is 680. The van der Waals surface area contributed by atoms with Crippen LogP contribution in [0.25, 0.3) is 0 Å². The highest BCUT2D eigenvalue weighted by Gasteiger charge is 2.12. The standard InChI is InChI=1S/C16H17BrN2O/c1-9-4-5-12(17)7-13(9)16(20)19-15-8-14(18)10(2)6-11(15)3/h4-8H,18H2,1-3H3,(H,19,20). The van der Waals surface area contributed by atoms with Gasteiger partial charge in [0, 0.05) is 21.4 Å². The molecule has 0 unspecified atom stereocenters. The lowest BCUT2D eigenvalue weighted by Gasteiger charge is -2.12. The summed E-state index contributed by atoms with van der Waals surface area (Å²) < 4.78 is 0.883. The topological polar surface area (TPSA) is 55.1 Å². The van der Waals surface area contributed by atoms with Crippen LogP contribution < -0.4 is 11.1 Å². The van der Waals surface area contributed by atoms with Crippen molar-refractivity contribution in [1.29, 1.82) is 0 Å². The zero-order valence-electron chi connectivity index (χ0n) is 11.8. The van der Waals surface area contributed by atoms with E-state index in [4.69, 9.17) is 5.73 Å². The third kappa shape index (κ3) is 3.02. The summed E-state index contributed by atoms with van der Waals surface area (Å²) in [7, 11) is 0. The van der Waals surface area contributed by atoms with Crippen molar-refractivity contribution >= 4 is 33.2 Å². The van der Waals surface area contributed by atoms with Crippen LogP contribution in [0.4, 0.5) is 11.4 Å². The highest BCUT2D eigenvalue weighted by molar-refractivity contribution is 9.10. The van der Waals surface area contributed by atoms with Crippen LogP contribution in [0, 0.1) is 20.8 Å². The molecule has 0 aromatic heterocycles. The minimum atomic E-state index is -0.129. The van der Waals surface area contributed by atoms with Crippen molar-refractivity contribution < 1.29 is 4.79 Å². The molecule has 2 aromatic rings. The van der Waals surface area contributed by atoms with Crippen molar-refractivity contribution in [2.45, 2.75) is 20.8 Å². The Morgan fingerprint density at radius 2 is 1.75 bits per heavy atom. The predicted octanol–water partition coefficient (Wildman–Crippen LogP) is 4.21. The minimum absolute atomic E-state index is 0.129. The Kier molecular flexibility index (Phi) is 4.14. The minimum Gasteiger partial charge on any atom is -0.398 e. The van der Waals surface area contributed by atoms with Crippen molar-refractivity contribution in [2.75, 3.05) is 11.1 Å². The molecule has 3 nitrogen and oxygen atoms in total. The largest absolute Gasteiger partial charge is 0.398 e. The van der Waals surface area contributed by atoms with Gasteiger partial charge in [-0.25, -0.2) is 0 Å². The van der Waals surface area contributed by atoms with Gasteiger partial charge in [-0.1, -0.05) is 28.1 Å². The second-order valence-electron chi connectivity index (χ2n) is 4.94. The normalized spacial score (nSPS) is 10.4. The molecule has 3 N–H and O–H groups in total. The number of rotatable bonds is 2. The summed E-state index contributed by atoms with van der Waals surface area (Å²) in [5, 5.41) is 2.92. The number of amides is 1. The van der Waals surface area contributed by atoms with Crippen LogP contribution in [-0.2, 0) is 0 Å². The van der Waals surface area contributed by atoms with E-state index in [0.29, 0.717) is 11.3 Å². The molecule has 20 heavy (non-hydrogen) atoms. The number of nitrogen functional groups attached to an aromatic ring is 1. The quantitative estimate of drug-likeness (QED) is 0.809. The molecule has 1 amide bonds. The van der Waals surface area contributed by atoms with Crippen molar-refractivity contribution in [3.8, 4) is 0 Å². The summed E-state index contributed by atoms with van der Waals surface area (Å²) in [5.74, 6) is -0.129. The van der Waals surface area contributed by atoms with Gasteiger partial charge in [-0.3, -0.25) is 4.79 Å². The summed E-state index contributed by atoms with van der Waals surface area (Å²) >= 11 is 3.39. The number of nitrogens with two attached hydrogens (primary N) is 1. The van der Waals surface area contributed by atoms with E-state index in [2.05, 4.69) is 21.2 Å². The lowest BCUT2D eigenvalue weighted by atomic mass is 10.1. The first-order chi connectivity index (χ1) is 9.38. The molecular weight excluding hydrogens is 316 g/mol. The van der Waals surface area contributed by atoms with Gasteiger partial charge in [-0.05, 0) is 55.7 Å². The monoisotopic (exact) mass is 332 g/mol. The van der Waals surface area contributed by atoms with E-state index in [1.54, 1.807) is 6.07 Å². The number of hydrogen-bond donors (Lipinski definition) is 2. The summed E-state index contributed by atoms with van der Waals surface area (Å²) in [6, 6.07) is 9.42.